The molecular formula is C15H12BrFN2O. The number of nitrogens with zero attached hydrogens (tertiary/aromatic N) is 1. The van der Waals surface area contributed by atoms with E-state index in [2.05, 4.69) is 27.3 Å². The Kier molecular flexibility index (Phi) is 4.59. The Bertz CT molecular complexity index is 655. The van der Waals surface area contributed by atoms with Crippen molar-refractivity contribution >= 4 is 21.6 Å². The number of rotatable bonds is 4. The zero-order chi connectivity index (χ0) is 14.5. The average molecular weight is 335 g/mol. The zero-order valence-electron chi connectivity index (χ0n) is 10.7. The summed E-state index contributed by atoms with van der Waals surface area (Å²) in [4.78, 5) is 0. The molecule has 3 nitrogen and oxygen atoms in total. The van der Waals surface area contributed by atoms with Crippen LogP contribution in [0.4, 0.5) is 10.1 Å². The van der Waals surface area contributed by atoms with Crippen LogP contribution in [0, 0.1) is 17.1 Å². The van der Waals surface area contributed by atoms with Crippen molar-refractivity contribution in [3.05, 3.63) is 58.3 Å². The van der Waals surface area contributed by atoms with E-state index in [0.29, 0.717) is 5.56 Å². The normalized spacial score (nSPS) is 11.5. The van der Waals surface area contributed by atoms with Gasteiger partial charge in [0.1, 0.15) is 6.04 Å². The number of nitrogens with one attached hydrogen (secondary N) is 1. The maximum Gasteiger partial charge on any atom is 0.165 e. The fourth-order valence-corrected chi connectivity index (χ4v) is 2.19. The minimum absolute atomic E-state index is 0.159. The van der Waals surface area contributed by atoms with Crippen molar-refractivity contribution < 1.29 is 9.13 Å². The Morgan fingerprint density at radius 3 is 2.65 bits per heavy atom. The SMILES string of the molecule is COc1ccc(C(C#N)Nc2ccccc2Br)cc1F. The van der Waals surface area contributed by atoms with E-state index in [1.165, 1.54) is 19.2 Å². The third kappa shape index (κ3) is 3.09. The van der Waals surface area contributed by atoms with Crippen LogP contribution in [0.25, 0.3) is 0 Å². The van der Waals surface area contributed by atoms with Crippen LogP contribution in [0.1, 0.15) is 11.6 Å². The molecule has 0 aliphatic rings. The minimum Gasteiger partial charge on any atom is -0.494 e. The van der Waals surface area contributed by atoms with Gasteiger partial charge in [0, 0.05) is 10.2 Å². The summed E-state index contributed by atoms with van der Waals surface area (Å²) in [5.74, 6) is -0.328. The molecule has 0 radical (unpaired) electrons. The molecule has 0 fully saturated rings. The summed E-state index contributed by atoms with van der Waals surface area (Å²) in [6.07, 6.45) is 0. The molecule has 0 bridgehead atoms. The monoisotopic (exact) mass is 334 g/mol. The topological polar surface area (TPSA) is 45.0 Å². The molecule has 0 spiro atoms. The maximum atomic E-state index is 13.7. The van der Waals surface area contributed by atoms with Crippen molar-refractivity contribution in [2.75, 3.05) is 12.4 Å². The Labute approximate surface area is 125 Å². The van der Waals surface area contributed by atoms with Crippen molar-refractivity contribution in [2.24, 2.45) is 0 Å². The van der Waals surface area contributed by atoms with E-state index in [1.807, 2.05) is 24.3 Å². The predicted molar refractivity (Wildman–Crippen MR) is 79.1 cm³/mol. The third-order valence-corrected chi connectivity index (χ3v) is 3.50. The van der Waals surface area contributed by atoms with Gasteiger partial charge in [0.25, 0.3) is 0 Å². The van der Waals surface area contributed by atoms with Crippen LogP contribution >= 0.6 is 15.9 Å². The standard InChI is InChI=1S/C15H12BrFN2O/c1-20-15-7-6-10(8-12(15)17)14(9-18)19-13-5-3-2-4-11(13)16/h2-8,14,19H,1H3. The van der Waals surface area contributed by atoms with Crippen LogP contribution in [-0.2, 0) is 0 Å². The number of halogens is 2. The van der Waals surface area contributed by atoms with Crippen LogP contribution in [-0.4, -0.2) is 7.11 Å². The molecule has 0 heterocycles. The first-order valence-electron chi connectivity index (χ1n) is 5.90. The van der Waals surface area contributed by atoms with Gasteiger partial charge >= 0.3 is 0 Å². The molecule has 0 aliphatic heterocycles. The molecule has 2 aromatic carbocycles. The van der Waals surface area contributed by atoms with Crippen LogP contribution in [0.15, 0.2) is 46.9 Å². The average Bonchev–Trinajstić information content (AvgIpc) is 2.46. The first-order chi connectivity index (χ1) is 9.65. The zero-order valence-corrected chi connectivity index (χ0v) is 12.3. The summed E-state index contributed by atoms with van der Waals surface area (Å²) < 4.78 is 19.4. The van der Waals surface area contributed by atoms with Gasteiger partial charge in [-0.3, -0.25) is 0 Å². The van der Waals surface area contributed by atoms with Gasteiger partial charge in [0.05, 0.1) is 13.2 Å². The summed E-state index contributed by atoms with van der Waals surface area (Å²) in [5.41, 5.74) is 1.32. The van der Waals surface area contributed by atoms with Crippen molar-refractivity contribution in [1.29, 1.82) is 5.26 Å². The molecule has 0 aromatic heterocycles. The van der Waals surface area contributed by atoms with E-state index in [9.17, 15) is 9.65 Å². The highest BCUT2D eigenvalue weighted by Crippen LogP contribution is 2.28. The van der Waals surface area contributed by atoms with E-state index in [1.54, 1.807) is 6.07 Å². The molecule has 0 saturated carbocycles. The number of ether oxygens (including phenoxy) is 1. The summed E-state index contributed by atoms with van der Waals surface area (Å²) in [7, 11) is 1.40. The van der Waals surface area contributed by atoms with Crippen LogP contribution < -0.4 is 10.1 Å². The van der Waals surface area contributed by atoms with Gasteiger partial charge in [-0.15, -0.1) is 0 Å². The Balaban J connectivity index is 2.27. The molecule has 1 N–H and O–H groups in total. The lowest BCUT2D eigenvalue weighted by molar-refractivity contribution is 0.386. The minimum atomic E-state index is -0.644. The van der Waals surface area contributed by atoms with Gasteiger partial charge in [-0.05, 0) is 45.8 Å². The highest BCUT2D eigenvalue weighted by Gasteiger charge is 2.14. The summed E-state index contributed by atoms with van der Waals surface area (Å²) >= 11 is 3.40. The third-order valence-electron chi connectivity index (χ3n) is 2.81. The van der Waals surface area contributed by atoms with E-state index in [0.717, 1.165) is 10.2 Å². The van der Waals surface area contributed by atoms with E-state index in [4.69, 9.17) is 4.74 Å². The van der Waals surface area contributed by atoms with Gasteiger partial charge in [-0.25, -0.2) is 4.39 Å². The first kappa shape index (κ1) is 14.4. The number of nitriles is 1. The number of methoxy groups -OCH3 is 1. The number of para-hydroxylation sites is 1. The largest absolute Gasteiger partial charge is 0.494 e. The van der Waals surface area contributed by atoms with Crippen molar-refractivity contribution in [3.63, 3.8) is 0 Å². The van der Waals surface area contributed by atoms with E-state index in [-0.39, 0.29) is 5.75 Å². The lowest BCUT2D eigenvalue weighted by Gasteiger charge is -2.15. The van der Waals surface area contributed by atoms with E-state index < -0.39 is 11.9 Å². The van der Waals surface area contributed by atoms with Crippen LogP contribution in [0.2, 0.25) is 0 Å². The smallest absolute Gasteiger partial charge is 0.165 e. The molecule has 2 aromatic rings. The number of anilines is 1. The summed E-state index contributed by atoms with van der Waals surface area (Å²) in [6, 6.07) is 13.4. The summed E-state index contributed by atoms with van der Waals surface area (Å²) in [6.45, 7) is 0. The number of hydrogen-bond acceptors (Lipinski definition) is 3. The highest BCUT2D eigenvalue weighted by molar-refractivity contribution is 9.10. The van der Waals surface area contributed by atoms with Gasteiger partial charge < -0.3 is 10.1 Å². The van der Waals surface area contributed by atoms with Crippen LogP contribution in [0.3, 0.4) is 0 Å². The molecule has 0 amide bonds. The predicted octanol–water partition coefficient (Wildman–Crippen LogP) is 4.27. The van der Waals surface area contributed by atoms with Gasteiger partial charge in [0.15, 0.2) is 11.6 Å². The van der Waals surface area contributed by atoms with Crippen molar-refractivity contribution in [3.8, 4) is 11.8 Å². The second-order valence-corrected chi connectivity index (χ2v) is 4.93. The highest BCUT2D eigenvalue weighted by atomic mass is 79.9. The molecule has 20 heavy (non-hydrogen) atoms. The van der Waals surface area contributed by atoms with E-state index >= 15 is 0 Å². The van der Waals surface area contributed by atoms with Crippen molar-refractivity contribution in [1.82, 2.24) is 0 Å². The second kappa shape index (κ2) is 6.40. The molecule has 1 unspecified atom stereocenters. The number of benzene rings is 2. The molecule has 5 heteroatoms. The lowest BCUT2D eigenvalue weighted by Crippen LogP contribution is -2.09. The Morgan fingerprint density at radius 2 is 2.05 bits per heavy atom. The molecule has 2 rings (SSSR count). The Hall–Kier alpha value is -2.06. The molecule has 0 saturated heterocycles. The molecular weight excluding hydrogens is 323 g/mol. The lowest BCUT2D eigenvalue weighted by atomic mass is 10.1. The second-order valence-electron chi connectivity index (χ2n) is 4.08. The fourth-order valence-electron chi connectivity index (χ4n) is 1.79. The fraction of sp³-hybridized carbons (Fsp3) is 0.133. The van der Waals surface area contributed by atoms with Crippen LogP contribution in [0.5, 0.6) is 5.75 Å². The Morgan fingerprint density at radius 1 is 1.30 bits per heavy atom. The van der Waals surface area contributed by atoms with Gasteiger partial charge in [-0.1, -0.05) is 18.2 Å². The van der Waals surface area contributed by atoms with Crippen molar-refractivity contribution in [2.45, 2.75) is 6.04 Å². The first-order valence-corrected chi connectivity index (χ1v) is 6.69. The van der Waals surface area contributed by atoms with Gasteiger partial charge in [0.2, 0.25) is 0 Å². The molecule has 1 atom stereocenters. The quantitative estimate of drug-likeness (QED) is 0.907. The summed E-state index contributed by atoms with van der Waals surface area (Å²) in [5, 5.41) is 12.3. The maximum absolute atomic E-state index is 13.7. The molecule has 102 valence electrons. The number of hydrogen-bond donors (Lipinski definition) is 1. The van der Waals surface area contributed by atoms with Gasteiger partial charge in [-0.2, -0.15) is 5.26 Å². The molecule has 0 aliphatic carbocycles.